The number of carbonyl (C=O) groups is 1. The molecular formula is C21H17N3O2. The highest BCUT2D eigenvalue weighted by molar-refractivity contribution is 6.05. The van der Waals surface area contributed by atoms with Crippen molar-refractivity contribution in [3.05, 3.63) is 77.6 Å². The fourth-order valence-corrected chi connectivity index (χ4v) is 2.71. The van der Waals surface area contributed by atoms with E-state index in [4.69, 9.17) is 4.42 Å². The van der Waals surface area contributed by atoms with Gasteiger partial charge in [-0.2, -0.15) is 0 Å². The third-order valence-corrected chi connectivity index (χ3v) is 4.34. The van der Waals surface area contributed by atoms with Crippen LogP contribution in [0.3, 0.4) is 0 Å². The van der Waals surface area contributed by atoms with Crippen LogP contribution in [0.5, 0.6) is 0 Å². The average molecular weight is 343 g/mol. The second-order valence-electron chi connectivity index (χ2n) is 6.19. The minimum atomic E-state index is -0.152. The van der Waals surface area contributed by atoms with Crippen LogP contribution in [0.1, 0.15) is 21.5 Å². The first kappa shape index (κ1) is 16.0. The number of hydrogen-bond acceptors (Lipinski definition) is 4. The zero-order chi connectivity index (χ0) is 18.1. The molecule has 0 saturated carbocycles. The van der Waals surface area contributed by atoms with E-state index in [-0.39, 0.29) is 5.91 Å². The molecule has 2 aromatic heterocycles. The molecule has 0 atom stereocenters. The van der Waals surface area contributed by atoms with E-state index in [2.05, 4.69) is 15.3 Å². The smallest absolute Gasteiger partial charge is 0.255 e. The Kier molecular flexibility index (Phi) is 3.97. The van der Waals surface area contributed by atoms with Crippen LogP contribution >= 0.6 is 0 Å². The topological polar surface area (TPSA) is 68.0 Å². The van der Waals surface area contributed by atoms with Crippen molar-refractivity contribution in [3.63, 3.8) is 0 Å². The van der Waals surface area contributed by atoms with Crippen LogP contribution in [0, 0.1) is 13.8 Å². The van der Waals surface area contributed by atoms with Gasteiger partial charge in [0.25, 0.3) is 5.91 Å². The van der Waals surface area contributed by atoms with Gasteiger partial charge in [0.05, 0.1) is 0 Å². The summed E-state index contributed by atoms with van der Waals surface area (Å²) < 4.78 is 5.83. The lowest BCUT2D eigenvalue weighted by molar-refractivity contribution is 0.102. The minimum absolute atomic E-state index is 0.152. The molecular weight excluding hydrogens is 326 g/mol. The molecule has 0 spiro atoms. The van der Waals surface area contributed by atoms with E-state index in [1.54, 1.807) is 18.5 Å². The summed E-state index contributed by atoms with van der Waals surface area (Å²) in [6.45, 7) is 4.02. The third kappa shape index (κ3) is 3.07. The minimum Gasteiger partial charge on any atom is -0.436 e. The van der Waals surface area contributed by atoms with Gasteiger partial charge in [-0.1, -0.05) is 6.07 Å². The van der Waals surface area contributed by atoms with Gasteiger partial charge in [0, 0.05) is 35.3 Å². The predicted molar refractivity (Wildman–Crippen MR) is 101 cm³/mol. The van der Waals surface area contributed by atoms with E-state index in [9.17, 15) is 4.79 Å². The molecule has 0 saturated heterocycles. The van der Waals surface area contributed by atoms with Gasteiger partial charge in [0.1, 0.15) is 5.52 Å². The summed E-state index contributed by atoms with van der Waals surface area (Å²) in [7, 11) is 0. The van der Waals surface area contributed by atoms with Crippen LogP contribution in [0.25, 0.3) is 22.6 Å². The molecule has 2 aromatic carbocycles. The fraction of sp³-hybridized carbons (Fsp3) is 0.0952. The maximum absolute atomic E-state index is 12.5. The molecule has 0 aliphatic rings. The Bertz CT molecular complexity index is 1100. The second-order valence-corrected chi connectivity index (χ2v) is 6.19. The molecule has 2 heterocycles. The highest BCUT2D eigenvalue weighted by Gasteiger charge is 2.11. The zero-order valence-corrected chi connectivity index (χ0v) is 14.5. The number of amides is 1. The Morgan fingerprint density at radius 3 is 2.54 bits per heavy atom. The molecule has 4 rings (SSSR count). The summed E-state index contributed by atoms with van der Waals surface area (Å²) in [4.78, 5) is 20.9. The van der Waals surface area contributed by atoms with Crippen molar-refractivity contribution < 1.29 is 9.21 Å². The van der Waals surface area contributed by atoms with Gasteiger partial charge in [-0.05, 0) is 61.4 Å². The zero-order valence-electron chi connectivity index (χ0n) is 14.5. The van der Waals surface area contributed by atoms with Crippen LogP contribution in [0.2, 0.25) is 0 Å². The number of pyridine rings is 1. The lowest BCUT2D eigenvalue weighted by atomic mass is 10.1. The summed E-state index contributed by atoms with van der Waals surface area (Å²) in [5.41, 5.74) is 5.76. The summed E-state index contributed by atoms with van der Waals surface area (Å²) >= 11 is 0. The number of aryl methyl sites for hydroxylation is 2. The van der Waals surface area contributed by atoms with Crippen molar-refractivity contribution in [2.24, 2.45) is 0 Å². The van der Waals surface area contributed by atoms with Crippen LogP contribution in [0.4, 0.5) is 5.69 Å². The Balaban J connectivity index is 1.61. The molecule has 4 aromatic rings. The molecule has 26 heavy (non-hydrogen) atoms. The molecule has 1 amide bonds. The molecule has 128 valence electrons. The van der Waals surface area contributed by atoms with Crippen molar-refractivity contribution in [3.8, 4) is 11.5 Å². The second kappa shape index (κ2) is 6.44. The van der Waals surface area contributed by atoms with E-state index in [1.165, 1.54) is 0 Å². The SMILES string of the molecule is Cc1ccc(C(=O)Nc2ccc3nc(-c4ccncc4)oc3c2)cc1C. The van der Waals surface area contributed by atoms with Crippen molar-refractivity contribution in [1.82, 2.24) is 9.97 Å². The van der Waals surface area contributed by atoms with Crippen molar-refractivity contribution in [2.75, 3.05) is 5.32 Å². The molecule has 0 bridgehead atoms. The lowest BCUT2D eigenvalue weighted by Gasteiger charge is -2.07. The first-order chi connectivity index (χ1) is 12.6. The maximum Gasteiger partial charge on any atom is 0.255 e. The number of oxazole rings is 1. The number of nitrogens with one attached hydrogen (secondary N) is 1. The molecule has 0 fully saturated rings. The summed E-state index contributed by atoms with van der Waals surface area (Å²) in [6, 6.07) is 14.8. The Morgan fingerprint density at radius 2 is 1.77 bits per heavy atom. The summed E-state index contributed by atoms with van der Waals surface area (Å²) in [5.74, 6) is 0.376. The number of hydrogen-bond donors (Lipinski definition) is 1. The highest BCUT2D eigenvalue weighted by Crippen LogP contribution is 2.26. The Morgan fingerprint density at radius 1 is 0.962 bits per heavy atom. The number of benzene rings is 2. The summed E-state index contributed by atoms with van der Waals surface area (Å²) in [5, 5.41) is 2.91. The Hall–Kier alpha value is -3.47. The van der Waals surface area contributed by atoms with E-state index in [0.29, 0.717) is 22.7 Å². The molecule has 0 aliphatic carbocycles. The highest BCUT2D eigenvalue weighted by atomic mass is 16.3. The van der Waals surface area contributed by atoms with Crippen molar-refractivity contribution in [1.29, 1.82) is 0 Å². The van der Waals surface area contributed by atoms with Gasteiger partial charge >= 0.3 is 0 Å². The summed E-state index contributed by atoms with van der Waals surface area (Å²) in [6.07, 6.45) is 3.39. The standard InChI is InChI=1S/C21H17N3O2/c1-13-3-4-16(11-14(13)2)20(25)23-17-5-6-18-19(12-17)26-21(24-18)15-7-9-22-10-8-15/h3-12H,1-2H3,(H,23,25). The molecule has 0 radical (unpaired) electrons. The molecule has 5 nitrogen and oxygen atoms in total. The van der Waals surface area contributed by atoms with Crippen LogP contribution in [-0.4, -0.2) is 15.9 Å². The molecule has 0 aliphatic heterocycles. The van der Waals surface area contributed by atoms with Gasteiger partial charge in [-0.15, -0.1) is 0 Å². The van der Waals surface area contributed by atoms with Gasteiger partial charge in [-0.3, -0.25) is 9.78 Å². The normalized spacial score (nSPS) is 10.8. The first-order valence-corrected chi connectivity index (χ1v) is 8.30. The van der Waals surface area contributed by atoms with E-state index < -0.39 is 0 Å². The van der Waals surface area contributed by atoms with E-state index >= 15 is 0 Å². The quantitative estimate of drug-likeness (QED) is 0.582. The van der Waals surface area contributed by atoms with Crippen molar-refractivity contribution >= 4 is 22.7 Å². The number of anilines is 1. The van der Waals surface area contributed by atoms with Gasteiger partial charge < -0.3 is 9.73 Å². The van der Waals surface area contributed by atoms with E-state index in [1.807, 2.05) is 56.3 Å². The largest absolute Gasteiger partial charge is 0.436 e. The molecule has 0 unspecified atom stereocenters. The number of aromatic nitrogens is 2. The molecule has 5 heteroatoms. The average Bonchev–Trinajstić information content (AvgIpc) is 3.08. The lowest BCUT2D eigenvalue weighted by Crippen LogP contribution is -2.12. The van der Waals surface area contributed by atoms with Crippen LogP contribution in [-0.2, 0) is 0 Å². The van der Waals surface area contributed by atoms with Gasteiger partial charge in [0.15, 0.2) is 5.58 Å². The number of nitrogens with zero attached hydrogens (tertiary/aromatic N) is 2. The Labute approximate surface area is 150 Å². The van der Waals surface area contributed by atoms with Gasteiger partial charge in [0.2, 0.25) is 5.89 Å². The fourth-order valence-electron chi connectivity index (χ4n) is 2.71. The van der Waals surface area contributed by atoms with Gasteiger partial charge in [-0.25, -0.2) is 4.98 Å². The number of rotatable bonds is 3. The van der Waals surface area contributed by atoms with Crippen molar-refractivity contribution in [2.45, 2.75) is 13.8 Å². The first-order valence-electron chi connectivity index (χ1n) is 8.30. The number of fused-ring (bicyclic) bond motifs is 1. The third-order valence-electron chi connectivity index (χ3n) is 4.34. The van der Waals surface area contributed by atoms with E-state index in [0.717, 1.165) is 22.2 Å². The molecule has 1 N–H and O–H groups in total. The van der Waals surface area contributed by atoms with Crippen LogP contribution in [0.15, 0.2) is 65.3 Å². The van der Waals surface area contributed by atoms with Crippen LogP contribution < -0.4 is 5.32 Å². The monoisotopic (exact) mass is 343 g/mol. The number of carbonyl (C=O) groups excluding carboxylic acids is 1. The maximum atomic E-state index is 12.5. The predicted octanol–water partition coefficient (Wildman–Crippen LogP) is 4.76.